The number of carbonyl (C=O) groups excluding carboxylic acids is 4. The Morgan fingerprint density at radius 1 is 1.12 bits per heavy atom. The fourth-order valence-corrected chi connectivity index (χ4v) is 2.82. The van der Waals surface area contributed by atoms with Gasteiger partial charge in [0.2, 0.25) is 11.8 Å². The van der Waals surface area contributed by atoms with Gasteiger partial charge in [0.05, 0.1) is 13.7 Å². The zero-order chi connectivity index (χ0) is 24.5. The van der Waals surface area contributed by atoms with E-state index in [-0.39, 0.29) is 13.1 Å². The average Bonchev–Trinajstić information content (AvgIpc) is 2.70. The zero-order valence-electron chi connectivity index (χ0n) is 19.4. The third kappa shape index (κ3) is 8.54. The van der Waals surface area contributed by atoms with E-state index in [4.69, 9.17) is 4.74 Å². The fraction of sp³-hybridized carbons (Fsp3) is 0.545. The van der Waals surface area contributed by atoms with Gasteiger partial charge < -0.3 is 30.1 Å². The quantitative estimate of drug-likeness (QED) is 0.478. The Balaban J connectivity index is 3.20. The van der Waals surface area contributed by atoms with Crippen LogP contribution >= 0.6 is 0 Å². The molecule has 0 aromatic heterocycles. The number of ether oxygens (including phenoxy) is 2. The minimum Gasteiger partial charge on any atom is -0.468 e. The molecular weight excluding hydrogens is 418 g/mol. The Bertz CT molecular complexity index is 803. The van der Waals surface area contributed by atoms with Gasteiger partial charge in [-0.1, -0.05) is 29.8 Å². The molecule has 0 aliphatic heterocycles. The molecule has 1 aromatic rings. The molecule has 10 nitrogen and oxygen atoms in total. The topological polar surface area (TPSA) is 134 Å². The number of rotatable bonds is 9. The highest BCUT2D eigenvalue weighted by atomic mass is 16.6. The predicted octanol–water partition coefficient (Wildman–Crippen LogP) is 1.06. The molecule has 1 aromatic carbocycles. The number of aliphatic hydroxyl groups is 1. The number of aryl methyl sites for hydroxylation is 1. The molecule has 1 rings (SSSR count). The largest absolute Gasteiger partial charge is 0.468 e. The van der Waals surface area contributed by atoms with Crippen molar-refractivity contribution in [3.8, 4) is 0 Å². The zero-order valence-corrected chi connectivity index (χ0v) is 19.4. The minimum absolute atomic E-state index is 0.177. The summed E-state index contributed by atoms with van der Waals surface area (Å²) in [5.41, 5.74) is 0.669. The van der Waals surface area contributed by atoms with Crippen LogP contribution in [0.25, 0.3) is 0 Å². The number of aliphatic hydroxyl groups excluding tert-OH is 1. The van der Waals surface area contributed by atoms with Crippen LogP contribution in [0, 0.1) is 6.92 Å². The lowest BCUT2D eigenvalue weighted by Crippen LogP contribution is -2.53. The third-order valence-electron chi connectivity index (χ3n) is 4.32. The maximum absolute atomic E-state index is 13.2. The van der Waals surface area contributed by atoms with E-state index in [1.165, 1.54) is 14.0 Å². The van der Waals surface area contributed by atoms with Crippen molar-refractivity contribution in [1.29, 1.82) is 0 Å². The predicted molar refractivity (Wildman–Crippen MR) is 117 cm³/mol. The summed E-state index contributed by atoms with van der Waals surface area (Å²) in [5.74, 6) is -1.89. The number of methoxy groups -OCH3 is 1. The van der Waals surface area contributed by atoms with Crippen LogP contribution in [0.1, 0.15) is 44.9 Å². The molecule has 178 valence electrons. The highest BCUT2D eigenvalue weighted by Gasteiger charge is 2.34. The van der Waals surface area contributed by atoms with Crippen molar-refractivity contribution in [3.63, 3.8) is 0 Å². The highest BCUT2D eigenvalue weighted by Crippen LogP contribution is 2.23. The van der Waals surface area contributed by atoms with E-state index in [2.05, 4.69) is 15.4 Å². The summed E-state index contributed by atoms with van der Waals surface area (Å²) in [4.78, 5) is 50.9. The summed E-state index contributed by atoms with van der Waals surface area (Å²) in [7, 11) is 1.19. The van der Waals surface area contributed by atoms with Crippen LogP contribution in [0.5, 0.6) is 0 Å². The molecule has 0 heterocycles. The molecule has 2 unspecified atom stereocenters. The molecule has 32 heavy (non-hydrogen) atoms. The Morgan fingerprint density at radius 3 is 2.22 bits per heavy atom. The van der Waals surface area contributed by atoms with Gasteiger partial charge in [0, 0.05) is 6.54 Å². The van der Waals surface area contributed by atoms with E-state index in [1.54, 1.807) is 45.0 Å². The van der Waals surface area contributed by atoms with Crippen molar-refractivity contribution in [1.82, 2.24) is 15.5 Å². The highest BCUT2D eigenvalue weighted by molar-refractivity contribution is 5.93. The van der Waals surface area contributed by atoms with Gasteiger partial charge in [-0.25, -0.2) is 4.79 Å². The number of nitrogens with one attached hydrogen (secondary N) is 2. The molecule has 0 bridgehead atoms. The van der Waals surface area contributed by atoms with E-state index >= 15 is 0 Å². The lowest BCUT2D eigenvalue weighted by molar-refractivity contribution is -0.145. The van der Waals surface area contributed by atoms with Gasteiger partial charge in [-0.2, -0.15) is 0 Å². The molecule has 0 saturated carbocycles. The molecule has 3 N–H and O–H groups in total. The van der Waals surface area contributed by atoms with Crippen LogP contribution in [-0.2, 0) is 23.9 Å². The van der Waals surface area contributed by atoms with Crippen molar-refractivity contribution in [2.45, 2.75) is 52.3 Å². The Labute approximate surface area is 188 Å². The first-order valence-corrected chi connectivity index (χ1v) is 10.2. The Hall–Kier alpha value is -3.14. The molecule has 0 aliphatic rings. The molecule has 0 spiro atoms. The summed E-state index contributed by atoms with van der Waals surface area (Å²) in [6.45, 7) is 7.42. The van der Waals surface area contributed by atoms with E-state index in [0.717, 1.165) is 10.5 Å². The van der Waals surface area contributed by atoms with Crippen molar-refractivity contribution in [2.75, 3.05) is 26.8 Å². The summed E-state index contributed by atoms with van der Waals surface area (Å²) in [5, 5.41) is 14.5. The van der Waals surface area contributed by atoms with Gasteiger partial charge in [-0.15, -0.1) is 0 Å². The summed E-state index contributed by atoms with van der Waals surface area (Å²) in [6.07, 6.45) is -0.788. The molecule has 10 heteroatoms. The lowest BCUT2D eigenvalue weighted by Gasteiger charge is -2.33. The first kappa shape index (κ1) is 26.9. The molecular formula is C22H33N3O7. The van der Waals surface area contributed by atoms with Gasteiger partial charge in [0.1, 0.15) is 24.2 Å². The normalized spacial score (nSPS) is 12.8. The fourth-order valence-electron chi connectivity index (χ4n) is 2.82. The molecule has 0 aliphatic carbocycles. The number of hydrogen-bond donors (Lipinski definition) is 3. The van der Waals surface area contributed by atoms with Crippen LogP contribution in [0.15, 0.2) is 24.3 Å². The van der Waals surface area contributed by atoms with Gasteiger partial charge >= 0.3 is 12.1 Å². The number of carbonyl (C=O) groups is 4. The second kappa shape index (κ2) is 12.0. The van der Waals surface area contributed by atoms with Crippen molar-refractivity contribution in [3.05, 3.63) is 35.4 Å². The van der Waals surface area contributed by atoms with Crippen molar-refractivity contribution < 1.29 is 33.8 Å². The van der Waals surface area contributed by atoms with Crippen LogP contribution in [0.3, 0.4) is 0 Å². The third-order valence-corrected chi connectivity index (χ3v) is 4.32. The van der Waals surface area contributed by atoms with Gasteiger partial charge in [0.25, 0.3) is 0 Å². The number of nitrogens with zero attached hydrogens (tertiary/aromatic N) is 1. The summed E-state index contributed by atoms with van der Waals surface area (Å²) in [6, 6.07) is 4.73. The van der Waals surface area contributed by atoms with Crippen molar-refractivity contribution in [2.24, 2.45) is 0 Å². The molecule has 0 fully saturated rings. The average molecular weight is 452 g/mol. The van der Waals surface area contributed by atoms with E-state index in [0.29, 0.717) is 5.56 Å². The van der Waals surface area contributed by atoms with Crippen LogP contribution < -0.4 is 10.6 Å². The second-order valence-electron chi connectivity index (χ2n) is 8.23. The number of benzene rings is 1. The number of alkyl carbamates (subject to hydrolysis) is 1. The lowest BCUT2D eigenvalue weighted by atomic mass is 10.0. The summed E-state index contributed by atoms with van der Waals surface area (Å²) >= 11 is 0. The summed E-state index contributed by atoms with van der Waals surface area (Å²) < 4.78 is 9.72. The van der Waals surface area contributed by atoms with E-state index in [9.17, 15) is 24.3 Å². The van der Waals surface area contributed by atoms with Crippen molar-refractivity contribution >= 4 is 23.9 Å². The molecule has 0 radical (unpaired) electrons. The van der Waals surface area contributed by atoms with Crippen LogP contribution in [-0.4, -0.2) is 72.3 Å². The Morgan fingerprint density at radius 2 is 1.72 bits per heavy atom. The van der Waals surface area contributed by atoms with Gasteiger partial charge in [-0.05, 0) is 40.2 Å². The Kier molecular flexibility index (Phi) is 10.1. The van der Waals surface area contributed by atoms with Gasteiger partial charge in [0.15, 0.2) is 0 Å². The molecule has 0 saturated heterocycles. The first-order valence-electron chi connectivity index (χ1n) is 10.2. The maximum atomic E-state index is 13.2. The first-order chi connectivity index (χ1) is 14.9. The van der Waals surface area contributed by atoms with Crippen LogP contribution in [0.2, 0.25) is 0 Å². The smallest absolute Gasteiger partial charge is 0.408 e. The SMILES string of the molecule is COC(=O)CNC(=O)C(c1ccc(C)cc1)N(CCO)C(=O)C(C)NC(=O)OC(C)(C)C. The van der Waals surface area contributed by atoms with Gasteiger partial charge in [-0.3, -0.25) is 14.4 Å². The second-order valence-corrected chi connectivity index (χ2v) is 8.23. The monoisotopic (exact) mass is 451 g/mol. The number of esters is 1. The minimum atomic E-state index is -1.15. The maximum Gasteiger partial charge on any atom is 0.408 e. The molecule has 3 amide bonds. The van der Waals surface area contributed by atoms with Crippen LogP contribution in [0.4, 0.5) is 4.79 Å². The van der Waals surface area contributed by atoms with E-state index in [1.807, 2.05) is 6.92 Å². The standard InChI is InChI=1S/C22H33N3O7/c1-14-7-9-16(10-8-14)18(19(28)23-13-17(27)31-6)25(11-12-26)20(29)15(2)24-21(30)32-22(3,4)5/h7-10,15,18,26H,11-13H2,1-6H3,(H,23,28)(H,24,30). The molecule has 2 atom stereocenters. The number of amides is 3. The van der Waals surface area contributed by atoms with E-state index < -0.39 is 48.2 Å². The number of hydrogen-bond acceptors (Lipinski definition) is 7.